The maximum absolute atomic E-state index is 6.30. The minimum atomic E-state index is 0.354. The van der Waals surface area contributed by atoms with Crippen LogP contribution in [0, 0.1) is 0 Å². The largest absolute Gasteiger partial charge is 0.497 e. The second kappa shape index (κ2) is 8.01. The second-order valence-electron chi connectivity index (χ2n) is 6.16. The first kappa shape index (κ1) is 18.5. The summed E-state index contributed by atoms with van der Waals surface area (Å²) >= 11 is 0. The van der Waals surface area contributed by atoms with Gasteiger partial charge in [-0.05, 0) is 24.3 Å². The van der Waals surface area contributed by atoms with Crippen molar-refractivity contribution >= 4 is 28.7 Å². The van der Waals surface area contributed by atoms with E-state index >= 15 is 0 Å². The van der Waals surface area contributed by atoms with Crippen molar-refractivity contribution in [2.75, 3.05) is 43.8 Å². The lowest BCUT2D eigenvalue weighted by Crippen LogP contribution is -2.15. The number of nitrogens with zero attached hydrogens (tertiary/aromatic N) is 2. The van der Waals surface area contributed by atoms with Crippen molar-refractivity contribution in [2.45, 2.75) is 0 Å². The Morgan fingerprint density at radius 1 is 0.897 bits per heavy atom. The fourth-order valence-electron chi connectivity index (χ4n) is 2.89. The summed E-state index contributed by atoms with van der Waals surface area (Å²) in [7, 11) is 3.19. The Bertz CT molecular complexity index is 1030. The van der Waals surface area contributed by atoms with Crippen LogP contribution in [0.25, 0.3) is 0 Å². The van der Waals surface area contributed by atoms with Crippen LogP contribution in [-0.2, 0) is 0 Å². The maximum Gasteiger partial charge on any atom is 0.163 e. The predicted octanol–water partition coefficient (Wildman–Crippen LogP) is 3.33. The number of anilines is 5. The Morgan fingerprint density at radius 2 is 1.66 bits per heavy atom. The van der Waals surface area contributed by atoms with Gasteiger partial charge in [-0.25, -0.2) is 9.97 Å². The van der Waals surface area contributed by atoms with E-state index in [1.54, 1.807) is 26.4 Å². The van der Waals surface area contributed by atoms with Gasteiger partial charge in [-0.1, -0.05) is 0 Å². The van der Waals surface area contributed by atoms with E-state index in [9.17, 15) is 0 Å². The van der Waals surface area contributed by atoms with Crippen LogP contribution in [0.2, 0.25) is 0 Å². The van der Waals surface area contributed by atoms with Gasteiger partial charge in [0.1, 0.15) is 36.7 Å². The van der Waals surface area contributed by atoms with E-state index in [-0.39, 0.29) is 0 Å². The highest BCUT2D eigenvalue weighted by Crippen LogP contribution is 2.36. The number of nitrogens with one attached hydrogen (secondary N) is 2. The van der Waals surface area contributed by atoms with E-state index in [0.717, 1.165) is 5.69 Å². The zero-order valence-corrected chi connectivity index (χ0v) is 16.1. The minimum absolute atomic E-state index is 0.354. The number of rotatable bonds is 6. The Hall–Kier alpha value is -3.88. The van der Waals surface area contributed by atoms with Crippen LogP contribution >= 0.6 is 0 Å². The number of nitrogen functional groups attached to an aromatic ring is 1. The highest BCUT2D eigenvalue weighted by atomic mass is 16.6. The molecule has 0 fully saturated rings. The van der Waals surface area contributed by atoms with Gasteiger partial charge >= 0.3 is 0 Å². The fourth-order valence-corrected chi connectivity index (χ4v) is 2.89. The first-order valence-corrected chi connectivity index (χ1v) is 8.94. The van der Waals surface area contributed by atoms with Gasteiger partial charge in [-0.2, -0.15) is 0 Å². The lowest BCUT2D eigenvalue weighted by atomic mass is 10.2. The van der Waals surface area contributed by atoms with Crippen molar-refractivity contribution in [2.24, 2.45) is 0 Å². The molecule has 150 valence electrons. The molecule has 1 aliphatic rings. The SMILES string of the molecule is COc1ccc(OC)c(Nc2ncnc(Nc3ccc4c(c3)OCCO4)c2N)c1. The summed E-state index contributed by atoms with van der Waals surface area (Å²) in [4.78, 5) is 8.50. The van der Waals surface area contributed by atoms with Gasteiger partial charge in [0.15, 0.2) is 23.1 Å². The molecule has 4 rings (SSSR count). The molecule has 9 nitrogen and oxygen atoms in total. The highest BCUT2D eigenvalue weighted by Gasteiger charge is 2.15. The number of ether oxygens (including phenoxy) is 4. The van der Waals surface area contributed by atoms with Crippen molar-refractivity contribution < 1.29 is 18.9 Å². The van der Waals surface area contributed by atoms with Gasteiger partial charge in [0.2, 0.25) is 0 Å². The third-order valence-corrected chi connectivity index (χ3v) is 4.35. The van der Waals surface area contributed by atoms with Gasteiger partial charge in [0.25, 0.3) is 0 Å². The molecule has 1 aliphatic heterocycles. The summed E-state index contributed by atoms with van der Waals surface area (Å²) in [5.41, 5.74) is 8.09. The summed E-state index contributed by atoms with van der Waals surface area (Å²) < 4.78 is 21.8. The minimum Gasteiger partial charge on any atom is -0.497 e. The van der Waals surface area contributed by atoms with Crippen LogP contribution in [0.3, 0.4) is 0 Å². The number of nitrogens with two attached hydrogens (primary N) is 1. The van der Waals surface area contributed by atoms with E-state index < -0.39 is 0 Å². The monoisotopic (exact) mass is 395 g/mol. The Labute approximate surface area is 167 Å². The molecule has 0 radical (unpaired) electrons. The Balaban J connectivity index is 1.60. The number of fused-ring (bicyclic) bond motifs is 1. The lowest BCUT2D eigenvalue weighted by Gasteiger charge is -2.19. The summed E-state index contributed by atoms with van der Waals surface area (Å²) in [6.07, 6.45) is 1.42. The van der Waals surface area contributed by atoms with Crippen LogP contribution in [0.15, 0.2) is 42.7 Å². The van der Waals surface area contributed by atoms with Gasteiger partial charge in [0, 0.05) is 17.8 Å². The van der Waals surface area contributed by atoms with Crippen LogP contribution < -0.4 is 35.3 Å². The highest BCUT2D eigenvalue weighted by molar-refractivity contribution is 5.82. The van der Waals surface area contributed by atoms with Gasteiger partial charge in [0.05, 0.1) is 19.9 Å². The van der Waals surface area contributed by atoms with Crippen molar-refractivity contribution in [3.05, 3.63) is 42.7 Å². The molecule has 3 aromatic rings. The molecule has 0 spiro atoms. The van der Waals surface area contributed by atoms with Crippen molar-refractivity contribution in [3.63, 3.8) is 0 Å². The molecule has 0 atom stereocenters. The number of benzene rings is 2. The molecule has 2 aromatic carbocycles. The number of aromatic nitrogens is 2. The fraction of sp³-hybridized carbons (Fsp3) is 0.200. The molecule has 29 heavy (non-hydrogen) atoms. The Morgan fingerprint density at radius 3 is 2.41 bits per heavy atom. The van der Waals surface area contributed by atoms with Crippen molar-refractivity contribution in [1.29, 1.82) is 0 Å². The molecule has 0 bridgehead atoms. The average molecular weight is 395 g/mol. The van der Waals surface area contributed by atoms with E-state index in [4.69, 9.17) is 24.7 Å². The van der Waals surface area contributed by atoms with E-state index in [1.807, 2.05) is 24.3 Å². The molecule has 0 aliphatic carbocycles. The molecule has 9 heteroatoms. The topological polar surface area (TPSA) is 113 Å². The summed E-state index contributed by atoms with van der Waals surface area (Å²) in [6, 6.07) is 11.0. The van der Waals surface area contributed by atoms with Gasteiger partial charge in [-0.15, -0.1) is 0 Å². The molecule has 0 saturated heterocycles. The van der Waals surface area contributed by atoms with Crippen molar-refractivity contribution in [3.8, 4) is 23.0 Å². The first-order valence-electron chi connectivity index (χ1n) is 8.94. The third kappa shape index (κ3) is 3.88. The van der Waals surface area contributed by atoms with Crippen LogP contribution in [0.4, 0.5) is 28.7 Å². The van der Waals surface area contributed by atoms with Crippen LogP contribution in [0.1, 0.15) is 0 Å². The van der Waals surface area contributed by atoms with Gasteiger partial charge < -0.3 is 35.3 Å². The third-order valence-electron chi connectivity index (χ3n) is 4.35. The zero-order chi connectivity index (χ0) is 20.2. The lowest BCUT2D eigenvalue weighted by molar-refractivity contribution is 0.171. The quantitative estimate of drug-likeness (QED) is 0.578. The van der Waals surface area contributed by atoms with E-state index in [1.165, 1.54) is 6.33 Å². The van der Waals surface area contributed by atoms with Gasteiger partial charge in [-0.3, -0.25) is 0 Å². The molecule has 2 heterocycles. The molecular weight excluding hydrogens is 374 g/mol. The van der Waals surface area contributed by atoms with Crippen LogP contribution in [-0.4, -0.2) is 37.4 Å². The summed E-state index contributed by atoms with van der Waals surface area (Å²) in [6.45, 7) is 1.06. The zero-order valence-electron chi connectivity index (χ0n) is 16.1. The summed E-state index contributed by atoms with van der Waals surface area (Å²) in [5.74, 6) is 3.59. The van der Waals surface area contributed by atoms with Crippen molar-refractivity contribution in [1.82, 2.24) is 9.97 Å². The molecule has 0 saturated carbocycles. The van der Waals surface area contributed by atoms with E-state index in [0.29, 0.717) is 59.2 Å². The standard InChI is InChI=1S/C20H21N5O4/c1-26-13-4-6-15(27-2)14(10-13)25-20-18(21)19(22-11-23-20)24-12-3-5-16-17(9-12)29-8-7-28-16/h3-6,9-11H,7-8,21H2,1-2H3,(H2,22,23,24,25). The Kier molecular flexibility index (Phi) is 5.10. The smallest absolute Gasteiger partial charge is 0.163 e. The normalized spacial score (nSPS) is 12.2. The average Bonchev–Trinajstić information content (AvgIpc) is 2.76. The predicted molar refractivity (Wildman–Crippen MR) is 110 cm³/mol. The molecule has 0 amide bonds. The molecule has 4 N–H and O–H groups in total. The second-order valence-corrected chi connectivity index (χ2v) is 6.16. The van der Waals surface area contributed by atoms with E-state index in [2.05, 4.69) is 20.6 Å². The molecule has 1 aromatic heterocycles. The first-order chi connectivity index (χ1) is 14.2. The maximum atomic E-state index is 6.30. The molecule has 0 unspecified atom stereocenters. The molecular formula is C20H21N5O4. The number of hydrogen-bond acceptors (Lipinski definition) is 9. The van der Waals surface area contributed by atoms with Crippen LogP contribution in [0.5, 0.6) is 23.0 Å². The number of methoxy groups -OCH3 is 2. The summed E-state index contributed by atoms with van der Waals surface area (Å²) in [5, 5.41) is 6.37. The number of hydrogen-bond donors (Lipinski definition) is 3.